The van der Waals surface area contributed by atoms with Crippen molar-refractivity contribution in [2.24, 2.45) is 0 Å². The summed E-state index contributed by atoms with van der Waals surface area (Å²) in [5.74, 6) is 0.402. The Morgan fingerprint density at radius 2 is 2.03 bits per heavy atom. The number of fused-ring (bicyclic) bond motifs is 1. The summed E-state index contributed by atoms with van der Waals surface area (Å²) in [6, 6.07) is 10.7. The smallest absolute Gasteiger partial charge is 0.410 e. The van der Waals surface area contributed by atoms with Gasteiger partial charge in [0, 0.05) is 35.7 Å². The van der Waals surface area contributed by atoms with Crippen LogP contribution >= 0.6 is 11.6 Å². The molecule has 2 aliphatic rings. The van der Waals surface area contributed by atoms with E-state index in [9.17, 15) is 9.18 Å². The number of rotatable bonds is 2. The maximum atomic E-state index is 14.6. The highest BCUT2D eigenvalue weighted by Crippen LogP contribution is 2.45. The molecular weight excluding hydrogens is 417 g/mol. The molecule has 2 aromatic carbocycles. The van der Waals surface area contributed by atoms with E-state index in [1.54, 1.807) is 17.0 Å². The zero-order chi connectivity index (χ0) is 22.4. The van der Waals surface area contributed by atoms with Gasteiger partial charge in [0.05, 0.1) is 0 Å². The average molecular weight is 444 g/mol. The number of nitrogens with zero attached hydrogens (tertiary/aromatic N) is 1. The predicted molar refractivity (Wildman–Crippen MR) is 120 cm³/mol. The lowest BCUT2D eigenvalue weighted by Crippen LogP contribution is -2.39. The third-order valence-corrected chi connectivity index (χ3v) is 5.93. The van der Waals surface area contributed by atoms with Crippen LogP contribution in [-0.4, -0.2) is 29.7 Å². The number of carbonyl (C=O) groups excluding carboxylic acids is 1. The molecule has 31 heavy (non-hydrogen) atoms. The Morgan fingerprint density at radius 3 is 2.68 bits per heavy atom. The number of hydrogen-bond acceptors (Lipinski definition) is 3. The SMILES string of the molecule is CC(C)(C)OC(=O)N1CC=C(c2cccc3c2C[C@@](C)(c2ccc(Cl)cc2F)O3)CC1. The number of amides is 1. The van der Waals surface area contributed by atoms with Gasteiger partial charge in [-0.2, -0.15) is 0 Å². The summed E-state index contributed by atoms with van der Waals surface area (Å²) in [5.41, 5.74) is 2.51. The van der Waals surface area contributed by atoms with Crippen LogP contribution in [0.3, 0.4) is 0 Å². The van der Waals surface area contributed by atoms with E-state index >= 15 is 0 Å². The zero-order valence-electron chi connectivity index (χ0n) is 18.3. The first kappa shape index (κ1) is 21.7. The summed E-state index contributed by atoms with van der Waals surface area (Å²) in [5, 5.41) is 0.364. The summed E-state index contributed by atoms with van der Waals surface area (Å²) in [4.78, 5) is 14.1. The molecule has 1 amide bonds. The molecule has 164 valence electrons. The Hall–Kier alpha value is -2.53. The van der Waals surface area contributed by atoms with Gasteiger partial charge in [0.25, 0.3) is 0 Å². The summed E-state index contributed by atoms with van der Waals surface area (Å²) in [6.45, 7) is 8.59. The molecule has 2 heterocycles. The first-order chi connectivity index (χ1) is 14.6. The Bertz CT molecular complexity index is 1060. The van der Waals surface area contributed by atoms with Gasteiger partial charge < -0.3 is 14.4 Å². The number of ether oxygens (including phenoxy) is 2. The highest BCUT2D eigenvalue weighted by molar-refractivity contribution is 6.30. The Balaban J connectivity index is 1.57. The number of benzene rings is 2. The molecule has 2 aliphatic heterocycles. The molecule has 4 nitrogen and oxygen atoms in total. The second kappa shape index (κ2) is 7.86. The summed E-state index contributed by atoms with van der Waals surface area (Å²) in [7, 11) is 0. The minimum Gasteiger partial charge on any atom is -0.482 e. The van der Waals surface area contributed by atoms with E-state index < -0.39 is 11.2 Å². The minimum absolute atomic E-state index is 0.296. The van der Waals surface area contributed by atoms with Gasteiger partial charge in [0.1, 0.15) is 22.8 Å². The van der Waals surface area contributed by atoms with E-state index in [-0.39, 0.29) is 11.9 Å². The molecule has 6 heteroatoms. The molecule has 1 atom stereocenters. The molecule has 2 aromatic rings. The van der Waals surface area contributed by atoms with Gasteiger partial charge in [-0.15, -0.1) is 0 Å². The molecule has 0 N–H and O–H groups in total. The minimum atomic E-state index is -0.801. The van der Waals surface area contributed by atoms with E-state index in [0.717, 1.165) is 23.3 Å². The fourth-order valence-corrected chi connectivity index (χ4v) is 4.39. The van der Waals surface area contributed by atoms with Crippen molar-refractivity contribution in [1.29, 1.82) is 0 Å². The van der Waals surface area contributed by atoms with Crippen molar-refractivity contribution in [3.63, 3.8) is 0 Å². The second-order valence-electron chi connectivity index (χ2n) is 9.32. The van der Waals surface area contributed by atoms with Gasteiger partial charge in [0.2, 0.25) is 0 Å². The molecule has 0 saturated carbocycles. The monoisotopic (exact) mass is 443 g/mol. The second-order valence-corrected chi connectivity index (χ2v) is 9.76. The molecule has 0 aliphatic carbocycles. The lowest BCUT2D eigenvalue weighted by atomic mass is 9.86. The van der Waals surface area contributed by atoms with Crippen LogP contribution in [0.5, 0.6) is 5.75 Å². The summed E-state index contributed by atoms with van der Waals surface area (Å²) in [6.07, 6.45) is 3.06. The van der Waals surface area contributed by atoms with Crippen LogP contribution in [0.1, 0.15) is 50.8 Å². The van der Waals surface area contributed by atoms with Crippen molar-refractivity contribution in [1.82, 2.24) is 4.90 Å². The van der Waals surface area contributed by atoms with E-state index in [4.69, 9.17) is 21.1 Å². The van der Waals surface area contributed by atoms with Crippen molar-refractivity contribution < 1.29 is 18.7 Å². The first-order valence-corrected chi connectivity index (χ1v) is 10.9. The van der Waals surface area contributed by atoms with Crippen LogP contribution in [0, 0.1) is 5.82 Å². The Labute approximate surface area is 187 Å². The van der Waals surface area contributed by atoms with E-state index in [2.05, 4.69) is 12.1 Å². The maximum Gasteiger partial charge on any atom is 0.410 e. The predicted octanol–water partition coefficient (Wildman–Crippen LogP) is 6.35. The van der Waals surface area contributed by atoms with Crippen molar-refractivity contribution in [3.05, 3.63) is 70.0 Å². The Kier molecular flexibility index (Phi) is 5.50. The van der Waals surface area contributed by atoms with Crippen LogP contribution in [0.15, 0.2) is 42.5 Å². The molecule has 0 saturated heterocycles. The first-order valence-electron chi connectivity index (χ1n) is 10.5. The molecule has 0 unspecified atom stereocenters. The highest BCUT2D eigenvalue weighted by atomic mass is 35.5. The average Bonchev–Trinajstić information content (AvgIpc) is 3.03. The van der Waals surface area contributed by atoms with Gasteiger partial charge >= 0.3 is 6.09 Å². The van der Waals surface area contributed by atoms with Crippen LogP contribution in [0.2, 0.25) is 5.02 Å². The fraction of sp³-hybridized carbons (Fsp3) is 0.400. The summed E-state index contributed by atoms with van der Waals surface area (Å²) < 4.78 is 26.4. The van der Waals surface area contributed by atoms with Crippen molar-refractivity contribution in [2.75, 3.05) is 13.1 Å². The normalized spacial score (nSPS) is 20.7. The Morgan fingerprint density at radius 1 is 1.26 bits per heavy atom. The maximum absolute atomic E-state index is 14.6. The van der Waals surface area contributed by atoms with Crippen LogP contribution in [-0.2, 0) is 16.8 Å². The van der Waals surface area contributed by atoms with Gasteiger partial charge in [-0.1, -0.05) is 35.9 Å². The quantitative estimate of drug-likeness (QED) is 0.542. The van der Waals surface area contributed by atoms with Crippen LogP contribution in [0.25, 0.3) is 5.57 Å². The van der Waals surface area contributed by atoms with Gasteiger partial charge in [-0.05, 0) is 63.5 Å². The molecule has 0 fully saturated rings. The third kappa shape index (κ3) is 4.42. The van der Waals surface area contributed by atoms with Crippen molar-refractivity contribution in [3.8, 4) is 5.75 Å². The topological polar surface area (TPSA) is 38.8 Å². The van der Waals surface area contributed by atoms with Crippen molar-refractivity contribution >= 4 is 23.3 Å². The number of halogens is 2. The van der Waals surface area contributed by atoms with Crippen LogP contribution < -0.4 is 4.74 Å². The lowest BCUT2D eigenvalue weighted by Gasteiger charge is -2.30. The van der Waals surface area contributed by atoms with Crippen LogP contribution in [0.4, 0.5) is 9.18 Å². The fourth-order valence-electron chi connectivity index (χ4n) is 4.24. The largest absolute Gasteiger partial charge is 0.482 e. The van der Waals surface area contributed by atoms with E-state index in [1.165, 1.54) is 11.6 Å². The summed E-state index contributed by atoms with van der Waals surface area (Å²) >= 11 is 5.93. The van der Waals surface area contributed by atoms with E-state index in [0.29, 0.717) is 30.1 Å². The molecular formula is C25H27ClFNO3. The van der Waals surface area contributed by atoms with Gasteiger partial charge in [-0.3, -0.25) is 0 Å². The van der Waals surface area contributed by atoms with Crippen molar-refractivity contribution in [2.45, 2.75) is 51.7 Å². The lowest BCUT2D eigenvalue weighted by molar-refractivity contribution is 0.0270. The molecule has 0 spiro atoms. The number of hydrogen-bond donors (Lipinski definition) is 0. The molecule has 0 radical (unpaired) electrons. The molecule has 4 rings (SSSR count). The number of carbonyl (C=O) groups is 1. The molecule has 0 bridgehead atoms. The standard InChI is InChI=1S/C25H27ClFNO3/c1-24(2,3)31-23(29)28-12-10-16(11-13-28)18-6-5-7-22-19(18)15-25(4,30-22)20-9-8-17(26)14-21(20)27/h5-10,14H,11-13,15H2,1-4H3/t25-/m0/s1. The molecule has 0 aromatic heterocycles. The van der Waals surface area contributed by atoms with Gasteiger partial charge in [0.15, 0.2) is 0 Å². The highest BCUT2D eigenvalue weighted by Gasteiger charge is 2.40. The van der Waals surface area contributed by atoms with E-state index in [1.807, 2.05) is 39.8 Å². The zero-order valence-corrected chi connectivity index (χ0v) is 19.1. The third-order valence-electron chi connectivity index (χ3n) is 5.69. The van der Waals surface area contributed by atoms with Gasteiger partial charge in [-0.25, -0.2) is 9.18 Å².